The normalized spacial score (nSPS) is 11.4. The third-order valence-corrected chi connectivity index (χ3v) is 3.63. The van der Waals surface area contributed by atoms with Gasteiger partial charge >= 0.3 is 0 Å². The summed E-state index contributed by atoms with van der Waals surface area (Å²) in [7, 11) is -3.38. The molecule has 0 aromatic heterocycles. The van der Waals surface area contributed by atoms with Crippen molar-refractivity contribution in [3.63, 3.8) is 0 Å². The van der Waals surface area contributed by atoms with Crippen LogP contribution in [0.5, 0.6) is 0 Å². The first-order chi connectivity index (χ1) is 11.3. The molecule has 24 heavy (non-hydrogen) atoms. The van der Waals surface area contributed by atoms with Gasteiger partial charge in [-0.3, -0.25) is 19.6 Å². The number of sulfonamides is 1. The molecular formula is C16H14N2O5S. The zero-order valence-corrected chi connectivity index (χ0v) is 13.5. The average molecular weight is 346 g/mol. The van der Waals surface area contributed by atoms with Crippen LogP contribution in [0, 0.1) is 10.1 Å². The molecule has 0 heterocycles. The van der Waals surface area contributed by atoms with Crippen molar-refractivity contribution in [1.82, 2.24) is 0 Å². The molecule has 8 heteroatoms. The molecule has 0 aliphatic rings. The summed E-state index contributed by atoms with van der Waals surface area (Å²) in [5.74, 6) is -0.348. The van der Waals surface area contributed by atoms with E-state index in [-0.39, 0.29) is 11.5 Å². The molecule has 124 valence electrons. The first kappa shape index (κ1) is 17.4. The molecule has 0 unspecified atom stereocenters. The van der Waals surface area contributed by atoms with Crippen LogP contribution in [-0.4, -0.2) is 25.4 Å². The topological polar surface area (TPSA) is 106 Å². The quantitative estimate of drug-likeness (QED) is 0.375. The number of allylic oxidation sites excluding steroid dienone is 1. The number of carbonyl (C=O) groups is 1. The number of carbonyl (C=O) groups excluding carboxylic acids is 1. The van der Waals surface area contributed by atoms with Crippen molar-refractivity contribution in [3.8, 4) is 0 Å². The summed E-state index contributed by atoms with van der Waals surface area (Å²) >= 11 is 0. The predicted molar refractivity (Wildman–Crippen MR) is 91.4 cm³/mol. The molecule has 1 N–H and O–H groups in total. The number of ketones is 1. The Morgan fingerprint density at radius 2 is 1.75 bits per heavy atom. The van der Waals surface area contributed by atoms with E-state index in [9.17, 15) is 23.3 Å². The van der Waals surface area contributed by atoms with Crippen molar-refractivity contribution in [2.24, 2.45) is 0 Å². The molecule has 0 radical (unpaired) electrons. The number of benzene rings is 2. The predicted octanol–water partition coefficient (Wildman–Crippen LogP) is 2.86. The van der Waals surface area contributed by atoms with E-state index in [1.54, 1.807) is 18.2 Å². The van der Waals surface area contributed by atoms with E-state index in [2.05, 4.69) is 4.72 Å². The van der Waals surface area contributed by atoms with Crippen LogP contribution in [0.15, 0.2) is 54.6 Å². The number of hydrogen-bond donors (Lipinski definition) is 1. The first-order valence-electron chi connectivity index (χ1n) is 6.80. The van der Waals surface area contributed by atoms with Gasteiger partial charge in [-0.1, -0.05) is 12.1 Å². The summed E-state index contributed by atoms with van der Waals surface area (Å²) in [6, 6.07) is 12.0. The molecule has 0 amide bonds. The van der Waals surface area contributed by atoms with Gasteiger partial charge in [0.15, 0.2) is 5.78 Å². The second-order valence-corrected chi connectivity index (χ2v) is 6.71. The van der Waals surface area contributed by atoms with Gasteiger partial charge in [-0.25, -0.2) is 8.42 Å². The summed E-state index contributed by atoms with van der Waals surface area (Å²) in [4.78, 5) is 22.5. The highest BCUT2D eigenvalue weighted by Gasteiger charge is 2.10. The minimum absolute atomic E-state index is 0.0887. The van der Waals surface area contributed by atoms with Crippen molar-refractivity contribution >= 4 is 33.3 Å². The number of para-hydroxylation sites is 1. The summed E-state index contributed by atoms with van der Waals surface area (Å²) < 4.78 is 24.5. The van der Waals surface area contributed by atoms with Crippen LogP contribution in [0.2, 0.25) is 0 Å². The fourth-order valence-electron chi connectivity index (χ4n) is 1.97. The second kappa shape index (κ2) is 7.05. The fraction of sp³-hybridized carbons (Fsp3) is 0.0625. The highest BCUT2D eigenvalue weighted by Crippen LogP contribution is 2.19. The van der Waals surface area contributed by atoms with Gasteiger partial charge in [-0.2, -0.15) is 0 Å². The highest BCUT2D eigenvalue weighted by molar-refractivity contribution is 7.92. The number of nitro groups is 1. The van der Waals surface area contributed by atoms with Crippen molar-refractivity contribution < 1.29 is 18.1 Å². The maximum Gasteiger partial charge on any atom is 0.276 e. The number of anilines is 1. The molecule has 0 atom stereocenters. The van der Waals surface area contributed by atoms with Crippen LogP contribution >= 0.6 is 0 Å². The molecule has 0 aliphatic heterocycles. The molecule has 0 fully saturated rings. The van der Waals surface area contributed by atoms with E-state index in [1.807, 2.05) is 0 Å². The van der Waals surface area contributed by atoms with Gasteiger partial charge in [-0.15, -0.1) is 0 Å². The lowest BCUT2D eigenvalue weighted by Gasteiger charge is -2.04. The smallest absolute Gasteiger partial charge is 0.276 e. The Morgan fingerprint density at radius 1 is 1.12 bits per heavy atom. The second-order valence-electron chi connectivity index (χ2n) is 4.97. The molecule has 2 rings (SSSR count). The number of rotatable bonds is 6. The summed E-state index contributed by atoms with van der Waals surface area (Å²) in [5, 5.41) is 10.9. The Hall–Kier alpha value is -3.00. The molecule has 0 spiro atoms. The number of nitro benzene ring substituents is 1. The van der Waals surface area contributed by atoms with Crippen LogP contribution in [0.4, 0.5) is 11.4 Å². The van der Waals surface area contributed by atoms with E-state index in [4.69, 9.17) is 0 Å². The van der Waals surface area contributed by atoms with Crippen LogP contribution in [0.1, 0.15) is 15.9 Å². The van der Waals surface area contributed by atoms with Gasteiger partial charge < -0.3 is 0 Å². The minimum Gasteiger partial charge on any atom is -0.289 e. The van der Waals surface area contributed by atoms with Gasteiger partial charge in [0.25, 0.3) is 5.69 Å². The van der Waals surface area contributed by atoms with Crippen molar-refractivity contribution in [2.45, 2.75) is 0 Å². The van der Waals surface area contributed by atoms with Gasteiger partial charge in [0.1, 0.15) is 0 Å². The first-order valence-corrected chi connectivity index (χ1v) is 8.69. The highest BCUT2D eigenvalue weighted by atomic mass is 32.2. The summed E-state index contributed by atoms with van der Waals surface area (Å²) in [6.07, 6.45) is 3.64. The van der Waals surface area contributed by atoms with Crippen LogP contribution in [0.25, 0.3) is 6.08 Å². The third kappa shape index (κ3) is 4.75. The largest absolute Gasteiger partial charge is 0.289 e. The average Bonchev–Trinajstić information content (AvgIpc) is 2.52. The van der Waals surface area contributed by atoms with Crippen LogP contribution < -0.4 is 4.72 Å². The molecule has 0 saturated heterocycles. The molecule has 2 aromatic carbocycles. The molecule has 2 aromatic rings. The lowest BCUT2D eigenvalue weighted by atomic mass is 10.1. The van der Waals surface area contributed by atoms with Gasteiger partial charge in [0.05, 0.1) is 16.7 Å². The van der Waals surface area contributed by atoms with Crippen LogP contribution in [0.3, 0.4) is 0 Å². The minimum atomic E-state index is -3.38. The number of nitrogens with one attached hydrogen (secondary N) is 1. The van der Waals surface area contributed by atoms with E-state index in [0.29, 0.717) is 16.8 Å². The lowest BCUT2D eigenvalue weighted by Crippen LogP contribution is -2.09. The van der Waals surface area contributed by atoms with E-state index in [0.717, 1.165) is 6.26 Å². The Kier molecular flexibility index (Phi) is 5.10. The third-order valence-electron chi connectivity index (χ3n) is 3.02. The number of nitrogens with zero attached hydrogens (tertiary/aromatic N) is 1. The van der Waals surface area contributed by atoms with Gasteiger partial charge in [-0.05, 0) is 42.5 Å². The van der Waals surface area contributed by atoms with E-state index >= 15 is 0 Å². The Balaban J connectivity index is 2.17. The van der Waals surface area contributed by atoms with Crippen LogP contribution in [-0.2, 0) is 10.0 Å². The van der Waals surface area contributed by atoms with Crippen molar-refractivity contribution in [3.05, 3.63) is 75.8 Å². The van der Waals surface area contributed by atoms with Crippen molar-refractivity contribution in [1.29, 1.82) is 0 Å². The number of hydrogen-bond acceptors (Lipinski definition) is 5. The Morgan fingerprint density at radius 3 is 2.33 bits per heavy atom. The SMILES string of the molecule is CS(=O)(=O)Nc1ccc(C(=O)/C=C/c2ccccc2[N+](=O)[O-])cc1. The van der Waals surface area contributed by atoms with Gasteiger partial charge in [0, 0.05) is 17.3 Å². The maximum absolute atomic E-state index is 12.1. The molecule has 0 bridgehead atoms. The maximum atomic E-state index is 12.1. The fourth-order valence-corrected chi connectivity index (χ4v) is 2.54. The zero-order chi connectivity index (χ0) is 17.7. The van der Waals surface area contributed by atoms with Gasteiger partial charge in [0.2, 0.25) is 10.0 Å². The monoisotopic (exact) mass is 346 g/mol. The molecule has 7 nitrogen and oxygen atoms in total. The molecule has 0 aliphatic carbocycles. The molecular weight excluding hydrogens is 332 g/mol. The van der Waals surface area contributed by atoms with E-state index < -0.39 is 14.9 Å². The van der Waals surface area contributed by atoms with E-state index in [1.165, 1.54) is 42.5 Å². The standard InChI is InChI=1S/C16H14N2O5S/c1-24(22,23)17-14-9-6-13(7-10-14)16(19)11-8-12-4-2-3-5-15(12)18(20)21/h2-11,17H,1H3/b11-8+. The van der Waals surface area contributed by atoms with Crippen molar-refractivity contribution in [2.75, 3.05) is 11.0 Å². The zero-order valence-electron chi connectivity index (χ0n) is 12.7. The lowest BCUT2D eigenvalue weighted by molar-refractivity contribution is -0.385. The summed E-state index contributed by atoms with van der Waals surface area (Å²) in [6.45, 7) is 0. The Bertz CT molecular complexity index is 902. The summed E-state index contributed by atoms with van der Waals surface area (Å²) in [5.41, 5.74) is 0.918. The Labute approximate surface area is 138 Å². The molecule has 0 saturated carbocycles.